The van der Waals surface area contributed by atoms with Crippen molar-refractivity contribution in [1.29, 1.82) is 0 Å². The van der Waals surface area contributed by atoms with Crippen molar-refractivity contribution in [3.8, 4) is 0 Å². The minimum Gasteiger partial charge on any atom is -0.456 e. The van der Waals surface area contributed by atoms with Gasteiger partial charge in [0.25, 0.3) is 0 Å². The van der Waals surface area contributed by atoms with Crippen LogP contribution in [0.4, 0.5) is 4.79 Å². The van der Waals surface area contributed by atoms with Crippen LogP contribution in [0.2, 0.25) is 0 Å². The zero-order valence-corrected chi connectivity index (χ0v) is 13.3. The SMILES string of the molecule is Cc1nc(COC(=O)[C@@H]2CCCN2C(=O)OC(C)(C)C)no1. The summed E-state index contributed by atoms with van der Waals surface area (Å²) in [5.74, 6) is 0.223. The lowest BCUT2D eigenvalue weighted by atomic mass is 10.2. The molecule has 0 radical (unpaired) electrons. The Morgan fingerprint density at radius 3 is 2.73 bits per heavy atom. The molecule has 0 bridgehead atoms. The van der Waals surface area contributed by atoms with Crippen molar-refractivity contribution in [2.24, 2.45) is 0 Å². The third-order valence-corrected chi connectivity index (χ3v) is 3.07. The van der Waals surface area contributed by atoms with Crippen molar-refractivity contribution < 1.29 is 23.6 Å². The van der Waals surface area contributed by atoms with Gasteiger partial charge in [0.1, 0.15) is 11.6 Å². The molecular weight excluding hydrogens is 290 g/mol. The number of esters is 1. The molecular formula is C14H21N3O5. The second-order valence-electron chi connectivity index (χ2n) is 6.17. The summed E-state index contributed by atoms with van der Waals surface area (Å²) >= 11 is 0. The number of ether oxygens (including phenoxy) is 2. The van der Waals surface area contributed by atoms with Crippen molar-refractivity contribution in [1.82, 2.24) is 15.0 Å². The van der Waals surface area contributed by atoms with E-state index in [0.29, 0.717) is 24.7 Å². The predicted molar refractivity (Wildman–Crippen MR) is 74.8 cm³/mol. The highest BCUT2D eigenvalue weighted by Crippen LogP contribution is 2.22. The Labute approximate surface area is 128 Å². The van der Waals surface area contributed by atoms with E-state index in [-0.39, 0.29) is 6.61 Å². The van der Waals surface area contributed by atoms with Crippen molar-refractivity contribution in [3.63, 3.8) is 0 Å². The van der Waals surface area contributed by atoms with Crippen LogP contribution in [0.15, 0.2) is 4.52 Å². The molecule has 8 nitrogen and oxygen atoms in total. The molecule has 1 aliphatic heterocycles. The second kappa shape index (κ2) is 6.33. The Morgan fingerprint density at radius 2 is 2.14 bits per heavy atom. The monoisotopic (exact) mass is 311 g/mol. The number of carbonyl (C=O) groups is 2. The number of hydrogen-bond acceptors (Lipinski definition) is 7. The molecule has 0 aromatic carbocycles. The van der Waals surface area contributed by atoms with E-state index < -0.39 is 23.7 Å². The Balaban J connectivity index is 1.91. The van der Waals surface area contributed by atoms with E-state index >= 15 is 0 Å². The molecule has 1 atom stereocenters. The first-order valence-corrected chi connectivity index (χ1v) is 7.22. The summed E-state index contributed by atoms with van der Waals surface area (Å²) in [7, 11) is 0. The lowest BCUT2D eigenvalue weighted by Gasteiger charge is -2.27. The van der Waals surface area contributed by atoms with Crippen LogP contribution in [0.1, 0.15) is 45.3 Å². The molecule has 8 heteroatoms. The predicted octanol–water partition coefficient (Wildman–Crippen LogP) is 1.82. The molecule has 0 saturated carbocycles. The Hall–Kier alpha value is -2.12. The van der Waals surface area contributed by atoms with Gasteiger partial charge in [-0.1, -0.05) is 5.16 Å². The van der Waals surface area contributed by atoms with Crippen LogP contribution in [0.25, 0.3) is 0 Å². The standard InChI is InChI=1S/C14H21N3O5/c1-9-15-11(16-22-9)8-20-12(18)10-6-5-7-17(10)13(19)21-14(2,3)4/h10H,5-8H2,1-4H3/t10-/m0/s1. The lowest BCUT2D eigenvalue weighted by molar-refractivity contribution is -0.150. The molecule has 2 heterocycles. The normalized spacial score (nSPS) is 18.4. The number of aryl methyl sites for hydroxylation is 1. The number of amides is 1. The van der Waals surface area contributed by atoms with Crippen molar-refractivity contribution >= 4 is 12.1 Å². The van der Waals surface area contributed by atoms with Crippen molar-refractivity contribution in [3.05, 3.63) is 11.7 Å². The first-order chi connectivity index (χ1) is 10.3. The summed E-state index contributed by atoms with van der Waals surface area (Å²) in [5.41, 5.74) is -0.601. The zero-order chi connectivity index (χ0) is 16.3. The van der Waals surface area contributed by atoms with Gasteiger partial charge in [-0.25, -0.2) is 9.59 Å². The van der Waals surface area contributed by atoms with Gasteiger partial charge >= 0.3 is 12.1 Å². The topological polar surface area (TPSA) is 94.8 Å². The van der Waals surface area contributed by atoms with E-state index in [2.05, 4.69) is 10.1 Å². The van der Waals surface area contributed by atoms with Gasteiger partial charge < -0.3 is 14.0 Å². The van der Waals surface area contributed by atoms with Gasteiger partial charge in [-0.15, -0.1) is 0 Å². The fraction of sp³-hybridized carbons (Fsp3) is 0.714. The minimum absolute atomic E-state index is 0.0746. The Bertz CT molecular complexity index is 549. The third kappa shape index (κ3) is 4.19. The zero-order valence-electron chi connectivity index (χ0n) is 13.3. The van der Waals surface area contributed by atoms with Gasteiger partial charge in [0.15, 0.2) is 6.61 Å². The maximum atomic E-state index is 12.1. The van der Waals surface area contributed by atoms with E-state index in [1.54, 1.807) is 27.7 Å². The number of carbonyl (C=O) groups excluding carboxylic acids is 2. The molecule has 1 aromatic rings. The summed E-state index contributed by atoms with van der Waals surface area (Å²) in [6.45, 7) is 7.41. The van der Waals surface area contributed by atoms with Gasteiger partial charge in [-0.05, 0) is 33.6 Å². The summed E-state index contributed by atoms with van der Waals surface area (Å²) in [4.78, 5) is 29.6. The van der Waals surface area contributed by atoms with Gasteiger partial charge in [0.2, 0.25) is 11.7 Å². The van der Waals surface area contributed by atoms with Crippen LogP contribution in [0.5, 0.6) is 0 Å². The van der Waals surface area contributed by atoms with E-state index in [1.165, 1.54) is 4.90 Å². The third-order valence-electron chi connectivity index (χ3n) is 3.07. The molecule has 2 rings (SSSR count). The molecule has 1 aromatic heterocycles. The molecule has 122 valence electrons. The first kappa shape index (κ1) is 16.3. The van der Waals surface area contributed by atoms with Gasteiger partial charge in [-0.2, -0.15) is 4.98 Å². The highest BCUT2D eigenvalue weighted by Gasteiger charge is 2.37. The van der Waals surface area contributed by atoms with E-state index in [4.69, 9.17) is 14.0 Å². The molecule has 1 saturated heterocycles. The summed E-state index contributed by atoms with van der Waals surface area (Å²) in [6, 6.07) is -0.622. The van der Waals surface area contributed by atoms with Crippen LogP contribution < -0.4 is 0 Å². The Kier molecular flexibility index (Phi) is 4.68. The molecule has 1 fully saturated rings. The van der Waals surface area contributed by atoms with E-state index in [9.17, 15) is 9.59 Å². The molecule has 22 heavy (non-hydrogen) atoms. The summed E-state index contributed by atoms with van der Waals surface area (Å²) in [6.07, 6.45) is 0.797. The fourth-order valence-electron chi connectivity index (χ4n) is 2.18. The van der Waals surface area contributed by atoms with Crippen LogP contribution >= 0.6 is 0 Å². The highest BCUT2D eigenvalue weighted by atomic mass is 16.6. The number of likely N-dealkylation sites (tertiary alicyclic amines) is 1. The maximum Gasteiger partial charge on any atom is 0.411 e. The van der Waals surface area contributed by atoms with Crippen LogP contribution in [-0.4, -0.2) is 45.3 Å². The first-order valence-electron chi connectivity index (χ1n) is 7.22. The average molecular weight is 311 g/mol. The lowest BCUT2D eigenvalue weighted by Crippen LogP contribution is -2.44. The number of aromatic nitrogens is 2. The Morgan fingerprint density at radius 1 is 1.41 bits per heavy atom. The highest BCUT2D eigenvalue weighted by molar-refractivity contribution is 5.82. The smallest absolute Gasteiger partial charge is 0.411 e. The summed E-state index contributed by atoms with van der Waals surface area (Å²) in [5, 5.41) is 3.65. The number of hydrogen-bond donors (Lipinski definition) is 0. The van der Waals surface area contributed by atoms with Crippen LogP contribution in [-0.2, 0) is 20.9 Å². The average Bonchev–Trinajstić information content (AvgIpc) is 3.02. The maximum absolute atomic E-state index is 12.1. The minimum atomic E-state index is -0.622. The largest absolute Gasteiger partial charge is 0.456 e. The quantitative estimate of drug-likeness (QED) is 0.786. The van der Waals surface area contributed by atoms with Crippen molar-refractivity contribution in [2.75, 3.05) is 6.54 Å². The van der Waals surface area contributed by atoms with Gasteiger partial charge in [-0.3, -0.25) is 4.90 Å². The van der Waals surface area contributed by atoms with E-state index in [0.717, 1.165) is 6.42 Å². The molecule has 0 unspecified atom stereocenters. The fourth-order valence-corrected chi connectivity index (χ4v) is 2.18. The van der Waals surface area contributed by atoms with Crippen molar-refractivity contribution in [2.45, 2.75) is 58.8 Å². The van der Waals surface area contributed by atoms with Crippen LogP contribution in [0, 0.1) is 6.92 Å². The molecule has 0 spiro atoms. The summed E-state index contributed by atoms with van der Waals surface area (Å²) < 4.78 is 15.3. The van der Waals surface area contributed by atoms with Gasteiger partial charge in [0, 0.05) is 13.5 Å². The molecule has 1 aliphatic rings. The molecule has 0 N–H and O–H groups in total. The number of rotatable bonds is 3. The molecule has 1 amide bonds. The van der Waals surface area contributed by atoms with Crippen LogP contribution in [0.3, 0.4) is 0 Å². The second-order valence-corrected chi connectivity index (χ2v) is 6.17. The van der Waals surface area contributed by atoms with E-state index in [1.807, 2.05) is 0 Å². The van der Waals surface area contributed by atoms with Gasteiger partial charge in [0.05, 0.1) is 0 Å². The molecule has 0 aliphatic carbocycles. The number of nitrogens with zero attached hydrogens (tertiary/aromatic N) is 3.